The van der Waals surface area contributed by atoms with E-state index in [0.717, 1.165) is 0 Å². The third-order valence-electron chi connectivity index (χ3n) is 2.46. The van der Waals surface area contributed by atoms with E-state index in [2.05, 4.69) is 20.6 Å². The van der Waals surface area contributed by atoms with Crippen LogP contribution >= 0.6 is 12.2 Å². The van der Waals surface area contributed by atoms with Crippen LogP contribution in [0.25, 0.3) is 0 Å². The number of nitro groups is 1. The summed E-state index contributed by atoms with van der Waals surface area (Å²) in [4.78, 5) is 20.6. The van der Waals surface area contributed by atoms with Gasteiger partial charge in [-0.25, -0.2) is 0 Å². The molecule has 130 valence electrons. The van der Waals surface area contributed by atoms with E-state index in [1.807, 2.05) is 0 Å². The topological polar surface area (TPSA) is 135 Å². The molecule has 0 atom stereocenters. The highest BCUT2D eigenvalue weighted by Crippen LogP contribution is 2.21. The Morgan fingerprint density at radius 3 is 2.92 bits per heavy atom. The lowest BCUT2D eigenvalue weighted by molar-refractivity contribution is -0.384. The molecule has 1 rings (SSSR count). The minimum atomic E-state index is -0.580. The van der Waals surface area contributed by atoms with Crippen molar-refractivity contribution in [3.05, 3.63) is 33.9 Å². The highest BCUT2D eigenvalue weighted by atomic mass is 32.1. The lowest BCUT2D eigenvalue weighted by Crippen LogP contribution is -2.34. The largest absolute Gasteiger partial charge is 0.507 e. The molecule has 0 fully saturated rings. The fraction of sp³-hybridized carbons (Fsp3) is 0.308. The number of hydrazone groups is 1. The number of esters is 1. The average molecular weight is 356 g/mol. The van der Waals surface area contributed by atoms with Gasteiger partial charge in [-0.05, 0) is 18.3 Å². The Balaban J connectivity index is 2.34. The number of carbonyl (C=O) groups excluding carboxylic acids is 1. The predicted octanol–water partition coefficient (Wildman–Crippen LogP) is 0.636. The summed E-state index contributed by atoms with van der Waals surface area (Å²) in [6, 6.07) is 3.56. The van der Waals surface area contributed by atoms with Gasteiger partial charge in [-0.3, -0.25) is 20.3 Å². The molecule has 24 heavy (non-hydrogen) atoms. The van der Waals surface area contributed by atoms with E-state index >= 15 is 0 Å². The summed E-state index contributed by atoms with van der Waals surface area (Å²) in [6.07, 6.45) is 1.19. The van der Waals surface area contributed by atoms with Crippen LogP contribution in [0.15, 0.2) is 23.3 Å². The molecule has 0 aliphatic rings. The summed E-state index contributed by atoms with van der Waals surface area (Å²) in [6.45, 7) is 1.72. The second-order valence-corrected chi connectivity index (χ2v) is 4.68. The summed E-state index contributed by atoms with van der Waals surface area (Å²) >= 11 is 4.92. The fourth-order valence-corrected chi connectivity index (χ4v) is 1.50. The number of carbonyl (C=O) groups is 1. The first kappa shape index (κ1) is 19.3. The number of non-ortho nitro benzene ring substituents is 1. The van der Waals surface area contributed by atoms with Gasteiger partial charge in [0.05, 0.1) is 17.7 Å². The number of nitrogens with one attached hydrogen (secondary N) is 2. The molecule has 0 amide bonds. The number of benzene rings is 1. The van der Waals surface area contributed by atoms with Gasteiger partial charge in [0.15, 0.2) is 5.11 Å². The van der Waals surface area contributed by atoms with Crippen LogP contribution < -0.4 is 10.7 Å². The Bertz CT molecular complexity index is 637. The van der Waals surface area contributed by atoms with Crippen molar-refractivity contribution in [1.82, 2.24) is 10.7 Å². The maximum Gasteiger partial charge on any atom is 0.302 e. The molecule has 0 aromatic heterocycles. The Morgan fingerprint density at radius 1 is 1.50 bits per heavy atom. The number of thiocarbonyl (C=S) groups is 1. The van der Waals surface area contributed by atoms with Crippen molar-refractivity contribution < 1.29 is 24.3 Å². The van der Waals surface area contributed by atoms with Crippen molar-refractivity contribution >= 4 is 35.2 Å². The van der Waals surface area contributed by atoms with Crippen molar-refractivity contribution in [2.75, 3.05) is 19.9 Å². The van der Waals surface area contributed by atoms with Crippen molar-refractivity contribution in [2.45, 2.75) is 6.92 Å². The number of ether oxygens (including phenoxy) is 2. The molecular formula is C13H16N4O6S. The average Bonchev–Trinajstić information content (AvgIpc) is 2.52. The molecule has 0 spiro atoms. The summed E-state index contributed by atoms with van der Waals surface area (Å²) in [5, 5.41) is 26.8. The number of hydrogen-bond acceptors (Lipinski definition) is 8. The molecule has 0 unspecified atom stereocenters. The first-order chi connectivity index (χ1) is 11.4. The van der Waals surface area contributed by atoms with Gasteiger partial charge in [-0.2, -0.15) is 5.10 Å². The third-order valence-corrected chi connectivity index (χ3v) is 2.70. The second kappa shape index (κ2) is 10.1. The molecule has 0 saturated carbocycles. The van der Waals surface area contributed by atoms with Gasteiger partial charge in [0.1, 0.15) is 19.1 Å². The molecular weight excluding hydrogens is 340 g/mol. The van der Waals surface area contributed by atoms with E-state index < -0.39 is 4.92 Å². The molecule has 11 heteroatoms. The minimum Gasteiger partial charge on any atom is -0.507 e. The Labute approximate surface area is 142 Å². The van der Waals surface area contributed by atoms with Crippen LogP contribution in [0.2, 0.25) is 0 Å². The van der Waals surface area contributed by atoms with Crippen LogP contribution in [-0.2, 0) is 14.3 Å². The van der Waals surface area contributed by atoms with E-state index in [0.29, 0.717) is 0 Å². The number of nitrogens with zero attached hydrogens (tertiary/aromatic N) is 2. The summed E-state index contributed by atoms with van der Waals surface area (Å²) in [5.41, 5.74) is 2.45. The number of rotatable bonds is 8. The van der Waals surface area contributed by atoms with Crippen molar-refractivity contribution in [2.24, 2.45) is 5.10 Å². The monoisotopic (exact) mass is 356 g/mol. The minimum absolute atomic E-state index is 0.0741. The standard InChI is InChI=1S/C13H16N4O6S/c1-9(18)23-5-4-22-8-14-13(24)16-15-7-10-6-11(17(20)21)2-3-12(10)19/h2-3,6-7,19H,4-5,8H2,1H3,(H2,14,16,24)/b15-7+. The van der Waals surface area contributed by atoms with E-state index in [1.165, 1.54) is 31.3 Å². The molecule has 1 aromatic carbocycles. The number of aromatic hydroxyl groups is 1. The lowest BCUT2D eigenvalue weighted by Gasteiger charge is -2.08. The van der Waals surface area contributed by atoms with Crippen molar-refractivity contribution in [3.63, 3.8) is 0 Å². The van der Waals surface area contributed by atoms with Gasteiger partial charge in [0, 0.05) is 24.6 Å². The van der Waals surface area contributed by atoms with Gasteiger partial charge < -0.3 is 19.9 Å². The Morgan fingerprint density at radius 2 is 2.25 bits per heavy atom. The van der Waals surface area contributed by atoms with E-state index in [1.54, 1.807) is 0 Å². The van der Waals surface area contributed by atoms with Gasteiger partial charge in [-0.15, -0.1) is 0 Å². The van der Waals surface area contributed by atoms with Gasteiger partial charge in [-0.1, -0.05) is 0 Å². The summed E-state index contributed by atoms with van der Waals surface area (Å²) < 4.78 is 9.76. The number of phenols is 1. The number of hydrogen-bond donors (Lipinski definition) is 3. The third kappa shape index (κ3) is 7.47. The van der Waals surface area contributed by atoms with Crippen LogP contribution in [0.1, 0.15) is 12.5 Å². The predicted molar refractivity (Wildman–Crippen MR) is 88.7 cm³/mol. The van der Waals surface area contributed by atoms with Crippen LogP contribution in [0, 0.1) is 10.1 Å². The highest BCUT2D eigenvalue weighted by molar-refractivity contribution is 7.80. The number of nitro benzene ring substituents is 1. The molecule has 10 nitrogen and oxygen atoms in total. The van der Waals surface area contributed by atoms with Crippen molar-refractivity contribution in [1.29, 1.82) is 0 Å². The smallest absolute Gasteiger partial charge is 0.302 e. The molecule has 0 bridgehead atoms. The van der Waals surface area contributed by atoms with Gasteiger partial charge in [0.2, 0.25) is 0 Å². The fourth-order valence-electron chi connectivity index (χ4n) is 1.39. The van der Waals surface area contributed by atoms with Crippen LogP contribution in [0.5, 0.6) is 5.75 Å². The van der Waals surface area contributed by atoms with Crippen LogP contribution in [0.4, 0.5) is 5.69 Å². The zero-order valence-electron chi connectivity index (χ0n) is 12.7. The van der Waals surface area contributed by atoms with Crippen LogP contribution in [0.3, 0.4) is 0 Å². The first-order valence-electron chi connectivity index (χ1n) is 6.65. The maximum absolute atomic E-state index is 10.7. The van der Waals surface area contributed by atoms with Gasteiger partial charge in [0.25, 0.3) is 5.69 Å². The first-order valence-corrected chi connectivity index (χ1v) is 7.06. The highest BCUT2D eigenvalue weighted by Gasteiger charge is 2.08. The zero-order chi connectivity index (χ0) is 17.9. The summed E-state index contributed by atoms with van der Waals surface area (Å²) in [7, 11) is 0. The Kier molecular flexibility index (Phi) is 8.08. The normalized spacial score (nSPS) is 10.4. The van der Waals surface area contributed by atoms with E-state index in [4.69, 9.17) is 17.0 Å². The molecule has 0 heterocycles. The zero-order valence-corrected chi connectivity index (χ0v) is 13.5. The van der Waals surface area contributed by atoms with Crippen LogP contribution in [-0.4, -0.2) is 47.3 Å². The second-order valence-electron chi connectivity index (χ2n) is 4.27. The van der Waals surface area contributed by atoms with E-state index in [-0.39, 0.29) is 48.0 Å². The van der Waals surface area contributed by atoms with E-state index in [9.17, 15) is 20.0 Å². The molecule has 0 aliphatic heterocycles. The molecule has 0 aliphatic carbocycles. The number of phenolic OH excluding ortho intramolecular Hbond substituents is 1. The van der Waals surface area contributed by atoms with Gasteiger partial charge >= 0.3 is 5.97 Å². The Hall–Kier alpha value is -2.79. The quantitative estimate of drug-likeness (QED) is 0.117. The molecule has 1 aromatic rings. The SMILES string of the molecule is CC(=O)OCCOCNC(=S)N/N=C/c1cc([N+](=O)[O-])ccc1O. The molecule has 0 radical (unpaired) electrons. The maximum atomic E-state index is 10.7. The molecule has 0 saturated heterocycles. The summed E-state index contributed by atoms with van der Waals surface area (Å²) in [5.74, 6) is -0.540. The lowest BCUT2D eigenvalue weighted by atomic mass is 10.2. The molecule has 3 N–H and O–H groups in total. The van der Waals surface area contributed by atoms with Crippen molar-refractivity contribution in [3.8, 4) is 5.75 Å².